The second kappa shape index (κ2) is 16.8. The Labute approximate surface area is 170 Å². The van der Waals surface area contributed by atoms with E-state index in [9.17, 15) is 5.11 Å². The number of rotatable bonds is 18. The molecule has 1 rings (SSSR count). The van der Waals surface area contributed by atoms with Crippen molar-refractivity contribution in [2.75, 3.05) is 32.8 Å². The number of likely N-dealkylation sites (N-methyl/N-ethyl adjacent to an activating group) is 1. The van der Waals surface area contributed by atoms with Gasteiger partial charge in [-0.15, -0.1) is 0 Å². The first-order chi connectivity index (χ1) is 13.3. The van der Waals surface area contributed by atoms with Gasteiger partial charge in [0.25, 0.3) is 0 Å². The fourth-order valence-corrected chi connectivity index (χ4v) is 4.88. The second-order valence-electron chi connectivity index (χ2n) is 8.67. The van der Waals surface area contributed by atoms with E-state index in [2.05, 4.69) is 30.6 Å². The Kier molecular flexibility index (Phi) is 15.5. The molecule has 1 fully saturated rings. The summed E-state index contributed by atoms with van der Waals surface area (Å²) in [5.41, 5.74) is 0. The Morgan fingerprint density at radius 1 is 0.704 bits per heavy atom. The number of nitrogens with zero attached hydrogens (tertiary/aromatic N) is 2. The highest BCUT2D eigenvalue weighted by atomic mass is 16.3. The maximum Gasteiger partial charge on any atom is 0.0653 e. The van der Waals surface area contributed by atoms with E-state index in [4.69, 9.17) is 0 Å². The Balaban J connectivity index is 2.49. The summed E-state index contributed by atoms with van der Waals surface area (Å²) in [5, 5.41) is 9.52. The summed E-state index contributed by atoms with van der Waals surface area (Å²) < 4.78 is 0. The molecule has 1 N–H and O–H groups in total. The highest BCUT2D eigenvalue weighted by molar-refractivity contribution is 4.86. The molecule has 0 saturated carbocycles. The largest absolute Gasteiger partial charge is 0.395 e. The van der Waals surface area contributed by atoms with Crippen molar-refractivity contribution in [2.45, 2.75) is 117 Å². The lowest BCUT2D eigenvalue weighted by atomic mass is 9.90. The summed E-state index contributed by atoms with van der Waals surface area (Å²) in [6.07, 6.45) is 20.1. The van der Waals surface area contributed by atoms with Crippen LogP contribution < -0.4 is 0 Å². The Morgan fingerprint density at radius 3 is 1.67 bits per heavy atom. The molecule has 0 aromatic heterocycles. The third-order valence-electron chi connectivity index (χ3n) is 6.49. The smallest absolute Gasteiger partial charge is 0.0653 e. The number of aliphatic hydroxyl groups excluding tert-OH is 1. The predicted octanol–water partition coefficient (Wildman–Crippen LogP) is 6.06. The minimum atomic E-state index is 0.300. The van der Waals surface area contributed by atoms with E-state index in [1.165, 1.54) is 96.4 Å². The zero-order valence-electron chi connectivity index (χ0n) is 18.9. The van der Waals surface area contributed by atoms with Gasteiger partial charge in [-0.3, -0.25) is 9.80 Å². The molecule has 2 atom stereocenters. The van der Waals surface area contributed by atoms with Crippen LogP contribution in [0.4, 0.5) is 0 Å². The Morgan fingerprint density at radius 2 is 1.19 bits per heavy atom. The van der Waals surface area contributed by atoms with Gasteiger partial charge in [-0.25, -0.2) is 0 Å². The van der Waals surface area contributed by atoms with Gasteiger partial charge in [0.05, 0.1) is 12.8 Å². The van der Waals surface area contributed by atoms with E-state index in [1.54, 1.807) is 0 Å². The van der Waals surface area contributed by atoms with Crippen LogP contribution >= 0.6 is 0 Å². The molecule has 162 valence electrons. The molecule has 1 saturated heterocycles. The zero-order valence-corrected chi connectivity index (χ0v) is 18.9. The van der Waals surface area contributed by atoms with Crippen molar-refractivity contribution in [1.29, 1.82) is 0 Å². The lowest BCUT2D eigenvalue weighted by Crippen LogP contribution is -2.45. The molecule has 1 aliphatic heterocycles. The average molecular weight is 383 g/mol. The molecule has 0 bridgehead atoms. The van der Waals surface area contributed by atoms with Crippen molar-refractivity contribution in [3.63, 3.8) is 0 Å². The second-order valence-corrected chi connectivity index (χ2v) is 8.67. The third kappa shape index (κ3) is 10.3. The predicted molar refractivity (Wildman–Crippen MR) is 119 cm³/mol. The minimum Gasteiger partial charge on any atom is -0.395 e. The molecular weight excluding hydrogens is 332 g/mol. The quantitative estimate of drug-likeness (QED) is 0.292. The Bertz CT molecular complexity index is 324. The monoisotopic (exact) mass is 382 g/mol. The van der Waals surface area contributed by atoms with Gasteiger partial charge in [0.1, 0.15) is 0 Å². The molecule has 1 aliphatic rings. The number of unbranched alkanes of at least 4 members (excludes halogenated alkanes) is 10. The number of hydrogen-bond donors (Lipinski definition) is 1. The first-order valence-corrected chi connectivity index (χ1v) is 12.4. The maximum atomic E-state index is 9.52. The van der Waals surface area contributed by atoms with Crippen LogP contribution in [0.15, 0.2) is 0 Å². The molecule has 3 heteroatoms. The average Bonchev–Trinajstić information content (AvgIpc) is 3.08. The zero-order chi connectivity index (χ0) is 19.7. The van der Waals surface area contributed by atoms with E-state index >= 15 is 0 Å². The molecule has 0 aromatic rings. The number of hydrogen-bond acceptors (Lipinski definition) is 3. The van der Waals surface area contributed by atoms with Crippen molar-refractivity contribution in [1.82, 2.24) is 9.80 Å². The third-order valence-corrected chi connectivity index (χ3v) is 6.49. The van der Waals surface area contributed by atoms with Gasteiger partial charge in [0.15, 0.2) is 0 Å². The molecule has 27 heavy (non-hydrogen) atoms. The fraction of sp³-hybridized carbons (Fsp3) is 1.00. The fourth-order valence-electron chi connectivity index (χ4n) is 4.88. The highest BCUT2D eigenvalue weighted by Crippen LogP contribution is 2.30. The van der Waals surface area contributed by atoms with Crippen molar-refractivity contribution in [3.8, 4) is 0 Å². The molecule has 0 amide bonds. The van der Waals surface area contributed by atoms with Crippen LogP contribution in [0.5, 0.6) is 0 Å². The minimum absolute atomic E-state index is 0.300. The van der Waals surface area contributed by atoms with E-state index in [0.29, 0.717) is 12.8 Å². The topological polar surface area (TPSA) is 26.7 Å². The summed E-state index contributed by atoms with van der Waals surface area (Å²) in [7, 11) is 0. The van der Waals surface area contributed by atoms with Crippen LogP contribution in [-0.2, 0) is 0 Å². The lowest BCUT2D eigenvalue weighted by Gasteiger charge is -2.36. The van der Waals surface area contributed by atoms with Gasteiger partial charge < -0.3 is 5.11 Å². The summed E-state index contributed by atoms with van der Waals surface area (Å²) in [4.78, 5) is 5.25. The summed E-state index contributed by atoms with van der Waals surface area (Å²) in [6, 6.07) is 0. The number of aliphatic hydroxyl groups is 1. The van der Waals surface area contributed by atoms with Crippen LogP contribution in [-0.4, -0.2) is 53.9 Å². The lowest BCUT2D eigenvalue weighted by molar-refractivity contribution is 0.0583. The van der Waals surface area contributed by atoms with E-state index < -0.39 is 0 Å². The Hall–Kier alpha value is -0.120. The highest BCUT2D eigenvalue weighted by Gasteiger charge is 2.35. The van der Waals surface area contributed by atoms with Gasteiger partial charge >= 0.3 is 0 Å². The number of β-amino-alcohol motifs (C(OH)–C–C–N with tert-alkyl or cyclic N) is 1. The maximum absolute atomic E-state index is 9.52. The molecule has 0 spiro atoms. The van der Waals surface area contributed by atoms with Gasteiger partial charge in [-0.1, -0.05) is 97.8 Å². The first kappa shape index (κ1) is 24.9. The molecule has 0 radical (unpaired) electrons. The molecule has 1 heterocycles. The van der Waals surface area contributed by atoms with Crippen molar-refractivity contribution < 1.29 is 5.11 Å². The van der Waals surface area contributed by atoms with Crippen molar-refractivity contribution in [2.24, 2.45) is 5.92 Å². The van der Waals surface area contributed by atoms with Gasteiger partial charge in [0.2, 0.25) is 0 Å². The molecular formula is C24H50N2O. The van der Waals surface area contributed by atoms with Crippen LogP contribution in [0.1, 0.15) is 111 Å². The first-order valence-electron chi connectivity index (χ1n) is 12.4. The molecule has 0 aliphatic carbocycles. The van der Waals surface area contributed by atoms with Crippen molar-refractivity contribution in [3.05, 3.63) is 0 Å². The van der Waals surface area contributed by atoms with Gasteiger partial charge in [0, 0.05) is 19.6 Å². The van der Waals surface area contributed by atoms with Crippen LogP contribution in [0.25, 0.3) is 0 Å². The van der Waals surface area contributed by atoms with Crippen molar-refractivity contribution >= 4 is 0 Å². The summed E-state index contributed by atoms with van der Waals surface area (Å²) >= 11 is 0. The summed E-state index contributed by atoms with van der Waals surface area (Å²) in [5.74, 6) is 0.788. The van der Waals surface area contributed by atoms with Crippen LogP contribution in [0, 0.1) is 5.92 Å². The van der Waals surface area contributed by atoms with Crippen LogP contribution in [0.3, 0.4) is 0 Å². The van der Waals surface area contributed by atoms with Gasteiger partial charge in [-0.2, -0.15) is 0 Å². The molecule has 0 aromatic carbocycles. The summed E-state index contributed by atoms with van der Waals surface area (Å²) in [6.45, 7) is 11.5. The molecule has 3 nitrogen and oxygen atoms in total. The standard InChI is InChI=1S/C24H50N2O/c1-4-7-9-11-12-14-16-18-23(17-15-13-10-8-5-2)24-25(6-3)19-20-26(24)21-22-27/h23-24,27H,4-22H2,1-3H3. The SMILES string of the molecule is CCCCCCCCCC(CCCCCCC)C1N(CC)CCN1CCO. The van der Waals surface area contributed by atoms with Crippen LogP contribution in [0.2, 0.25) is 0 Å². The normalized spacial score (nSPS) is 19.8. The van der Waals surface area contributed by atoms with Gasteiger partial charge in [-0.05, 0) is 25.3 Å². The van der Waals surface area contributed by atoms with E-state index in [0.717, 1.165) is 25.6 Å². The molecule has 2 unspecified atom stereocenters. The van der Waals surface area contributed by atoms with E-state index in [1.807, 2.05) is 0 Å². The van der Waals surface area contributed by atoms with E-state index in [-0.39, 0.29) is 0 Å².